The third kappa shape index (κ3) is 0.622. The van der Waals surface area contributed by atoms with Crippen molar-refractivity contribution in [1.82, 2.24) is 9.97 Å². The summed E-state index contributed by atoms with van der Waals surface area (Å²) in [6.45, 7) is 0.512. The molecule has 1 aliphatic rings. The summed E-state index contributed by atoms with van der Waals surface area (Å²) in [5.74, 6) is 0.744. The minimum absolute atomic E-state index is 0.512. The molecule has 1 aliphatic heterocycles. The Morgan fingerprint density at radius 2 is 2.42 bits per heavy atom. The summed E-state index contributed by atoms with van der Waals surface area (Å²) in [5.41, 5.74) is 2.86. The van der Waals surface area contributed by atoms with Crippen LogP contribution in [0.1, 0.15) is 5.56 Å². The third-order valence-corrected chi connectivity index (χ3v) is 1.98. The van der Waals surface area contributed by atoms with Gasteiger partial charge in [0.1, 0.15) is 12.1 Å². The van der Waals surface area contributed by atoms with Gasteiger partial charge in [-0.15, -0.1) is 0 Å². The molecule has 1 N–H and O–H groups in total. The van der Waals surface area contributed by atoms with Crippen LogP contribution in [0.15, 0.2) is 18.5 Å². The standard InChI is InChI=1S/C8H6N2O2/c1-2-6-7(10-4-9-6)8-5(1)3-11-12-8/h1-2,4H,3H2,(H,9,10). The van der Waals surface area contributed by atoms with Crippen LogP contribution < -0.4 is 4.89 Å². The molecule has 0 saturated heterocycles. The number of imidazole rings is 1. The highest BCUT2D eigenvalue weighted by Crippen LogP contribution is 2.32. The van der Waals surface area contributed by atoms with Crippen molar-refractivity contribution in [3.05, 3.63) is 24.0 Å². The van der Waals surface area contributed by atoms with E-state index in [4.69, 9.17) is 9.78 Å². The number of nitrogens with zero attached hydrogens (tertiary/aromatic N) is 1. The first-order valence-corrected chi connectivity index (χ1v) is 3.69. The summed E-state index contributed by atoms with van der Waals surface area (Å²) in [7, 11) is 0. The van der Waals surface area contributed by atoms with E-state index in [1.54, 1.807) is 6.33 Å². The fraction of sp³-hybridized carbons (Fsp3) is 0.125. The van der Waals surface area contributed by atoms with E-state index >= 15 is 0 Å². The maximum Gasteiger partial charge on any atom is 0.198 e. The molecule has 2 heterocycles. The van der Waals surface area contributed by atoms with Crippen LogP contribution in [0, 0.1) is 0 Å². The summed E-state index contributed by atoms with van der Waals surface area (Å²) in [6.07, 6.45) is 1.65. The Kier molecular flexibility index (Phi) is 0.995. The van der Waals surface area contributed by atoms with Crippen LogP contribution in [-0.4, -0.2) is 9.97 Å². The summed E-state index contributed by atoms with van der Waals surface area (Å²) in [5, 5.41) is 0. The second-order valence-corrected chi connectivity index (χ2v) is 2.70. The Morgan fingerprint density at radius 3 is 3.42 bits per heavy atom. The summed E-state index contributed by atoms with van der Waals surface area (Å²) in [4.78, 5) is 17.0. The van der Waals surface area contributed by atoms with Gasteiger partial charge in [-0.1, -0.05) is 6.07 Å². The molecule has 0 bridgehead atoms. The minimum Gasteiger partial charge on any atom is -0.344 e. The number of aromatic amines is 1. The van der Waals surface area contributed by atoms with Crippen molar-refractivity contribution >= 4 is 11.0 Å². The number of benzene rings is 1. The van der Waals surface area contributed by atoms with Crippen LogP contribution in [0.4, 0.5) is 0 Å². The van der Waals surface area contributed by atoms with E-state index in [0.29, 0.717) is 6.61 Å². The molecule has 60 valence electrons. The molecule has 4 nitrogen and oxygen atoms in total. The first kappa shape index (κ1) is 6.02. The maximum atomic E-state index is 4.99. The van der Waals surface area contributed by atoms with Gasteiger partial charge in [-0.05, 0) is 6.07 Å². The average Bonchev–Trinajstić information content (AvgIpc) is 2.71. The van der Waals surface area contributed by atoms with E-state index in [0.717, 1.165) is 22.3 Å². The maximum absolute atomic E-state index is 4.99. The predicted molar refractivity (Wildman–Crippen MR) is 41.5 cm³/mol. The van der Waals surface area contributed by atoms with Crippen molar-refractivity contribution in [1.29, 1.82) is 0 Å². The SMILES string of the molecule is c1nc2c3c(ccc2[nH]1)COO3. The second-order valence-electron chi connectivity index (χ2n) is 2.70. The first-order valence-electron chi connectivity index (χ1n) is 3.69. The van der Waals surface area contributed by atoms with Crippen LogP contribution in [-0.2, 0) is 11.5 Å². The van der Waals surface area contributed by atoms with Gasteiger partial charge < -0.3 is 9.87 Å². The van der Waals surface area contributed by atoms with Gasteiger partial charge in [-0.2, -0.15) is 4.89 Å². The number of hydrogen-bond acceptors (Lipinski definition) is 3. The molecule has 0 atom stereocenters. The van der Waals surface area contributed by atoms with Crippen LogP contribution >= 0.6 is 0 Å². The lowest BCUT2D eigenvalue weighted by Crippen LogP contribution is -1.82. The summed E-state index contributed by atoms with van der Waals surface area (Å²) in [6, 6.07) is 3.95. The van der Waals surface area contributed by atoms with Gasteiger partial charge >= 0.3 is 0 Å². The molecule has 2 aromatic rings. The molecule has 1 aromatic carbocycles. The van der Waals surface area contributed by atoms with Crippen LogP contribution in [0.2, 0.25) is 0 Å². The molecule has 0 spiro atoms. The van der Waals surface area contributed by atoms with Gasteiger partial charge in [0.2, 0.25) is 0 Å². The van der Waals surface area contributed by atoms with Crippen LogP contribution in [0.3, 0.4) is 0 Å². The lowest BCUT2D eigenvalue weighted by atomic mass is 10.2. The Hall–Kier alpha value is -1.55. The Labute approximate surface area is 68.1 Å². The quantitative estimate of drug-likeness (QED) is 0.595. The van der Waals surface area contributed by atoms with Gasteiger partial charge in [0, 0.05) is 5.56 Å². The van der Waals surface area contributed by atoms with E-state index in [-0.39, 0.29) is 0 Å². The van der Waals surface area contributed by atoms with Crippen molar-refractivity contribution in [2.45, 2.75) is 6.61 Å². The lowest BCUT2D eigenvalue weighted by molar-refractivity contribution is -0.193. The normalized spacial score (nSPS) is 14.7. The molecular weight excluding hydrogens is 156 g/mol. The number of fused-ring (bicyclic) bond motifs is 3. The number of rotatable bonds is 0. The zero-order valence-corrected chi connectivity index (χ0v) is 6.20. The molecule has 0 radical (unpaired) electrons. The molecule has 0 saturated carbocycles. The van der Waals surface area contributed by atoms with Crippen molar-refractivity contribution in [2.75, 3.05) is 0 Å². The van der Waals surface area contributed by atoms with Crippen LogP contribution in [0.5, 0.6) is 5.75 Å². The minimum atomic E-state index is 0.512. The van der Waals surface area contributed by atoms with Gasteiger partial charge in [0.05, 0.1) is 11.8 Å². The number of hydrogen-bond donors (Lipinski definition) is 1. The Balaban J connectivity index is 2.46. The second kappa shape index (κ2) is 1.98. The van der Waals surface area contributed by atoms with E-state index in [1.165, 1.54) is 0 Å². The summed E-state index contributed by atoms with van der Waals surface area (Å²) >= 11 is 0. The van der Waals surface area contributed by atoms with E-state index < -0.39 is 0 Å². The smallest absolute Gasteiger partial charge is 0.198 e. The van der Waals surface area contributed by atoms with Gasteiger partial charge in [-0.25, -0.2) is 4.98 Å². The van der Waals surface area contributed by atoms with Gasteiger partial charge in [0.15, 0.2) is 5.75 Å². The number of nitrogens with one attached hydrogen (secondary N) is 1. The molecule has 12 heavy (non-hydrogen) atoms. The molecule has 0 fully saturated rings. The predicted octanol–water partition coefficient (Wildman–Crippen LogP) is 1.39. The molecule has 0 aliphatic carbocycles. The largest absolute Gasteiger partial charge is 0.344 e. The molecule has 0 amide bonds. The Morgan fingerprint density at radius 1 is 1.42 bits per heavy atom. The van der Waals surface area contributed by atoms with Crippen molar-refractivity contribution in [2.24, 2.45) is 0 Å². The van der Waals surface area contributed by atoms with E-state index in [9.17, 15) is 0 Å². The van der Waals surface area contributed by atoms with Crippen LogP contribution in [0.25, 0.3) is 11.0 Å². The highest BCUT2D eigenvalue weighted by Gasteiger charge is 2.17. The molecule has 4 heteroatoms. The number of H-pyrrole nitrogens is 1. The van der Waals surface area contributed by atoms with Crippen molar-refractivity contribution in [3.63, 3.8) is 0 Å². The number of aromatic nitrogens is 2. The zero-order chi connectivity index (χ0) is 7.97. The van der Waals surface area contributed by atoms with E-state index in [2.05, 4.69) is 9.97 Å². The molecule has 0 unspecified atom stereocenters. The monoisotopic (exact) mass is 162 g/mol. The van der Waals surface area contributed by atoms with Gasteiger partial charge in [0.25, 0.3) is 0 Å². The zero-order valence-electron chi connectivity index (χ0n) is 6.20. The first-order chi connectivity index (χ1) is 5.95. The average molecular weight is 162 g/mol. The van der Waals surface area contributed by atoms with E-state index in [1.807, 2.05) is 12.1 Å². The fourth-order valence-corrected chi connectivity index (χ4v) is 1.38. The highest BCUT2D eigenvalue weighted by atomic mass is 17.2. The van der Waals surface area contributed by atoms with Crippen molar-refractivity contribution in [3.8, 4) is 5.75 Å². The molecular formula is C8H6N2O2. The third-order valence-electron chi connectivity index (χ3n) is 1.98. The fourth-order valence-electron chi connectivity index (χ4n) is 1.38. The lowest BCUT2D eigenvalue weighted by Gasteiger charge is -1.94. The Bertz CT molecular complexity index is 436. The molecule has 1 aromatic heterocycles. The highest BCUT2D eigenvalue weighted by molar-refractivity contribution is 5.82. The van der Waals surface area contributed by atoms with Crippen molar-refractivity contribution < 1.29 is 9.78 Å². The summed E-state index contributed by atoms with van der Waals surface area (Å²) < 4.78 is 0. The molecule has 3 rings (SSSR count). The topological polar surface area (TPSA) is 47.1 Å². The van der Waals surface area contributed by atoms with Gasteiger partial charge in [-0.3, -0.25) is 0 Å².